The lowest BCUT2D eigenvalue weighted by atomic mass is 9.78. The van der Waals surface area contributed by atoms with Crippen LogP contribution in [0.3, 0.4) is 0 Å². The Labute approximate surface area is 160 Å². The highest BCUT2D eigenvalue weighted by molar-refractivity contribution is 5.99. The number of ether oxygens (including phenoxy) is 2. The van der Waals surface area contributed by atoms with Gasteiger partial charge in [-0.05, 0) is 44.6 Å². The molecule has 1 heterocycles. The SMILES string of the molecule is CCOC(=O)c1c(C)[nH]c(C(=O)OCC(=O)N[C@@H]2CCC[C@@H](C)[C@H]2C)c1C. The molecule has 150 valence electrons. The summed E-state index contributed by atoms with van der Waals surface area (Å²) in [5.74, 6) is -0.482. The molecule has 2 N–H and O–H groups in total. The molecule has 1 saturated carbocycles. The first kappa shape index (κ1) is 21.0. The molecule has 1 fully saturated rings. The van der Waals surface area contributed by atoms with E-state index in [2.05, 4.69) is 24.1 Å². The standard InChI is InChI=1S/C20H30N2O5/c1-6-26-19(24)17-13(4)18(21-14(17)5)20(25)27-10-16(23)22-15-9-7-8-11(2)12(15)3/h11-12,15,21H,6-10H2,1-5H3,(H,22,23)/t11-,12-,15-/m1/s1. The van der Waals surface area contributed by atoms with Gasteiger partial charge in [-0.3, -0.25) is 4.79 Å². The topological polar surface area (TPSA) is 97.5 Å². The van der Waals surface area contributed by atoms with Crippen LogP contribution in [0.2, 0.25) is 0 Å². The molecule has 0 aromatic carbocycles. The molecule has 0 bridgehead atoms. The quantitative estimate of drug-likeness (QED) is 0.742. The molecule has 27 heavy (non-hydrogen) atoms. The van der Waals surface area contributed by atoms with Crippen LogP contribution >= 0.6 is 0 Å². The van der Waals surface area contributed by atoms with Crippen LogP contribution in [0.15, 0.2) is 0 Å². The van der Waals surface area contributed by atoms with Crippen LogP contribution in [-0.2, 0) is 14.3 Å². The third-order valence-electron chi connectivity index (χ3n) is 5.51. The summed E-state index contributed by atoms with van der Waals surface area (Å²) in [7, 11) is 0. The van der Waals surface area contributed by atoms with Crippen molar-refractivity contribution in [3.63, 3.8) is 0 Å². The van der Waals surface area contributed by atoms with Gasteiger partial charge in [-0.25, -0.2) is 9.59 Å². The Hall–Kier alpha value is -2.31. The van der Waals surface area contributed by atoms with E-state index in [0.29, 0.717) is 28.7 Å². The van der Waals surface area contributed by atoms with Crippen molar-refractivity contribution >= 4 is 17.8 Å². The van der Waals surface area contributed by atoms with Crippen LogP contribution in [0.4, 0.5) is 0 Å². The van der Waals surface area contributed by atoms with Gasteiger partial charge in [0.2, 0.25) is 0 Å². The fourth-order valence-electron chi connectivity index (χ4n) is 3.70. The molecule has 0 unspecified atom stereocenters. The molecule has 1 amide bonds. The molecular formula is C20H30N2O5. The van der Waals surface area contributed by atoms with E-state index in [-0.39, 0.29) is 30.9 Å². The maximum absolute atomic E-state index is 12.3. The highest BCUT2D eigenvalue weighted by atomic mass is 16.5. The van der Waals surface area contributed by atoms with E-state index in [1.807, 2.05) is 0 Å². The first-order chi connectivity index (χ1) is 12.8. The first-order valence-electron chi connectivity index (χ1n) is 9.59. The Balaban J connectivity index is 1.95. The number of nitrogens with one attached hydrogen (secondary N) is 2. The molecule has 1 aliphatic rings. The van der Waals surface area contributed by atoms with E-state index >= 15 is 0 Å². The molecule has 0 spiro atoms. The van der Waals surface area contributed by atoms with Crippen molar-refractivity contribution in [1.29, 1.82) is 0 Å². The fraction of sp³-hybridized carbons (Fsp3) is 0.650. The highest BCUT2D eigenvalue weighted by Crippen LogP contribution is 2.29. The maximum atomic E-state index is 12.3. The van der Waals surface area contributed by atoms with Crippen LogP contribution in [0.1, 0.15) is 72.1 Å². The molecule has 3 atom stereocenters. The molecule has 0 saturated heterocycles. The van der Waals surface area contributed by atoms with Gasteiger partial charge in [0.1, 0.15) is 5.69 Å². The number of carbonyl (C=O) groups excluding carboxylic acids is 3. The molecule has 0 aliphatic heterocycles. The third kappa shape index (κ3) is 4.90. The lowest BCUT2D eigenvalue weighted by Crippen LogP contribution is -2.45. The van der Waals surface area contributed by atoms with Crippen molar-refractivity contribution in [2.75, 3.05) is 13.2 Å². The van der Waals surface area contributed by atoms with Gasteiger partial charge in [0.15, 0.2) is 6.61 Å². The maximum Gasteiger partial charge on any atom is 0.355 e. The van der Waals surface area contributed by atoms with Crippen molar-refractivity contribution in [2.45, 2.75) is 59.9 Å². The Morgan fingerprint density at radius 2 is 1.81 bits per heavy atom. The Morgan fingerprint density at radius 1 is 1.11 bits per heavy atom. The molecule has 1 aromatic heterocycles. The van der Waals surface area contributed by atoms with E-state index in [4.69, 9.17) is 9.47 Å². The minimum absolute atomic E-state index is 0.116. The summed E-state index contributed by atoms with van der Waals surface area (Å²) < 4.78 is 10.2. The second-order valence-corrected chi connectivity index (χ2v) is 7.36. The minimum atomic E-state index is -0.661. The smallest absolute Gasteiger partial charge is 0.355 e. The predicted molar refractivity (Wildman–Crippen MR) is 101 cm³/mol. The molecule has 7 nitrogen and oxygen atoms in total. The van der Waals surface area contributed by atoms with Gasteiger partial charge in [0.05, 0.1) is 12.2 Å². The average Bonchev–Trinajstić information content (AvgIpc) is 2.91. The summed E-state index contributed by atoms with van der Waals surface area (Å²) in [5.41, 5.74) is 1.50. The van der Waals surface area contributed by atoms with Gasteiger partial charge in [-0.2, -0.15) is 0 Å². The lowest BCUT2D eigenvalue weighted by molar-refractivity contribution is -0.125. The summed E-state index contributed by atoms with van der Waals surface area (Å²) in [6.45, 7) is 9.30. The van der Waals surface area contributed by atoms with Crippen LogP contribution in [0, 0.1) is 25.7 Å². The minimum Gasteiger partial charge on any atom is -0.462 e. The zero-order valence-corrected chi connectivity index (χ0v) is 16.8. The molecule has 2 rings (SSSR count). The van der Waals surface area contributed by atoms with E-state index < -0.39 is 11.9 Å². The summed E-state index contributed by atoms with van der Waals surface area (Å²) in [6.07, 6.45) is 3.22. The van der Waals surface area contributed by atoms with E-state index in [0.717, 1.165) is 12.8 Å². The lowest BCUT2D eigenvalue weighted by Gasteiger charge is -2.34. The summed E-state index contributed by atoms with van der Waals surface area (Å²) in [5, 5.41) is 2.97. The number of carbonyl (C=O) groups is 3. The number of aryl methyl sites for hydroxylation is 1. The Morgan fingerprint density at radius 3 is 2.48 bits per heavy atom. The van der Waals surface area contributed by atoms with Crippen molar-refractivity contribution in [1.82, 2.24) is 10.3 Å². The van der Waals surface area contributed by atoms with Gasteiger partial charge in [0.25, 0.3) is 5.91 Å². The number of aromatic nitrogens is 1. The van der Waals surface area contributed by atoms with Crippen LogP contribution in [-0.4, -0.2) is 42.1 Å². The second kappa shape index (κ2) is 9.06. The number of rotatable bonds is 6. The third-order valence-corrected chi connectivity index (χ3v) is 5.51. The largest absolute Gasteiger partial charge is 0.462 e. The fourth-order valence-corrected chi connectivity index (χ4v) is 3.70. The molecule has 1 aromatic rings. The van der Waals surface area contributed by atoms with E-state index in [1.165, 1.54) is 6.42 Å². The molecule has 1 aliphatic carbocycles. The van der Waals surface area contributed by atoms with Crippen molar-refractivity contribution < 1.29 is 23.9 Å². The highest BCUT2D eigenvalue weighted by Gasteiger charge is 2.29. The number of aromatic amines is 1. The van der Waals surface area contributed by atoms with Crippen LogP contribution in [0.5, 0.6) is 0 Å². The van der Waals surface area contributed by atoms with Crippen LogP contribution < -0.4 is 5.32 Å². The van der Waals surface area contributed by atoms with E-state index in [1.54, 1.807) is 20.8 Å². The van der Waals surface area contributed by atoms with Crippen molar-refractivity contribution in [3.8, 4) is 0 Å². The molecular weight excluding hydrogens is 348 g/mol. The first-order valence-corrected chi connectivity index (χ1v) is 9.59. The molecule has 7 heteroatoms. The second-order valence-electron chi connectivity index (χ2n) is 7.36. The van der Waals surface area contributed by atoms with Crippen molar-refractivity contribution in [2.24, 2.45) is 11.8 Å². The van der Waals surface area contributed by atoms with E-state index in [9.17, 15) is 14.4 Å². The van der Waals surface area contributed by atoms with Gasteiger partial charge in [-0.15, -0.1) is 0 Å². The van der Waals surface area contributed by atoms with Gasteiger partial charge in [-0.1, -0.05) is 26.7 Å². The Bertz CT molecular complexity index is 709. The van der Waals surface area contributed by atoms with Crippen LogP contribution in [0.25, 0.3) is 0 Å². The normalized spacial score (nSPS) is 22.2. The zero-order valence-electron chi connectivity index (χ0n) is 16.8. The number of esters is 2. The monoisotopic (exact) mass is 378 g/mol. The summed E-state index contributed by atoms with van der Waals surface area (Å²) in [4.78, 5) is 39.4. The van der Waals surface area contributed by atoms with Gasteiger partial charge >= 0.3 is 11.9 Å². The number of H-pyrrole nitrogens is 1. The number of hydrogen-bond acceptors (Lipinski definition) is 5. The zero-order chi connectivity index (χ0) is 20.1. The number of amides is 1. The summed E-state index contributed by atoms with van der Waals surface area (Å²) >= 11 is 0. The van der Waals surface area contributed by atoms with Crippen molar-refractivity contribution in [3.05, 3.63) is 22.5 Å². The predicted octanol–water partition coefficient (Wildman–Crippen LogP) is 2.91. The van der Waals surface area contributed by atoms with Gasteiger partial charge in [0, 0.05) is 11.7 Å². The average molecular weight is 378 g/mol. The Kier molecular flexibility index (Phi) is 7.05. The van der Waals surface area contributed by atoms with Gasteiger partial charge < -0.3 is 19.8 Å². The number of hydrogen-bond donors (Lipinski definition) is 2. The molecule has 0 radical (unpaired) electrons. The summed E-state index contributed by atoms with van der Waals surface area (Å²) in [6, 6.07) is 0.116.